The van der Waals surface area contributed by atoms with Crippen molar-refractivity contribution >= 4 is 23.4 Å². The molecule has 1 aromatic rings. The number of hydrogen-bond acceptors (Lipinski definition) is 5. The predicted molar refractivity (Wildman–Crippen MR) is 87.9 cm³/mol. The minimum Gasteiger partial charge on any atom is -0.326 e. The van der Waals surface area contributed by atoms with Crippen LogP contribution in [0.1, 0.15) is 22.9 Å². The predicted octanol–water partition coefficient (Wildman–Crippen LogP) is 2.43. The number of nitro groups is 1. The smallest absolute Gasteiger partial charge is 0.272 e. The van der Waals surface area contributed by atoms with Crippen LogP contribution in [0.25, 0.3) is 0 Å². The maximum absolute atomic E-state index is 12.1. The summed E-state index contributed by atoms with van der Waals surface area (Å²) >= 11 is 1.59. The molecule has 0 aliphatic carbocycles. The molecule has 6 nitrogen and oxygen atoms in total. The largest absolute Gasteiger partial charge is 0.326 e. The second-order valence-corrected chi connectivity index (χ2v) is 6.78. The molecule has 1 heterocycles. The van der Waals surface area contributed by atoms with Gasteiger partial charge in [-0.2, -0.15) is 0 Å². The van der Waals surface area contributed by atoms with Crippen molar-refractivity contribution in [2.24, 2.45) is 0 Å². The summed E-state index contributed by atoms with van der Waals surface area (Å²) in [7, 11) is 4.02. The maximum atomic E-state index is 12.1. The maximum Gasteiger partial charge on any atom is 0.272 e. The fraction of sp³-hybridized carbons (Fsp3) is 0.533. The van der Waals surface area contributed by atoms with Crippen LogP contribution in [0, 0.1) is 17.0 Å². The summed E-state index contributed by atoms with van der Waals surface area (Å²) in [6, 6.07) is 5.12. The molecule has 2 rings (SSSR count). The lowest BCUT2D eigenvalue weighted by Gasteiger charge is -2.25. The Morgan fingerprint density at radius 2 is 2.18 bits per heavy atom. The van der Waals surface area contributed by atoms with Gasteiger partial charge in [0.05, 0.1) is 10.7 Å². The van der Waals surface area contributed by atoms with E-state index in [1.54, 1.807) is 24.8 Å². The van der Waals surface area contributed by atoms with Gasteiger partial charge in [-0.3, -0.25) is 14.9 Å². The number of thioether (sulfide) groups is 1. The highest BCUT2D eigenvalue weighted by atomic mass is 32.2. The molecule has 1 aliphatic heterocycles. The minimum absolute atomic E-state index is 0.0332. The van der Waals surface area contributed by atoms with Crippen LogP contribution >= 0.6 is 11.8 Å². The highest BCUT2D eigenvalue weighted by Gasteiger charge is 2.32. The molecule has 0 aromatic heterocycles. The highest BCUT2D eigenvalue weighted by Crippen LogP contribution is 2.39. The Kier molecular flexibility index (Phi) is 5.42. The number of rotatable bonds is 6. The number of aryl methyl sites for hydroxylation is 1. The quantitative estimate of drug-likeness (QED) is 0.594. The van der Waals surface area contributed by atoms with Crippen LogP contribution in [-0.2, 0) is 4.79 Å². The monoisotopic (exact) mass is 323 g/mol. The van der Waals surface area contributed by atoms with Gasteiger partial charge in [-0.15, -0.1) is 11.8 Å². The highest BCUT2D eigenvalue weighted by molar-refractivity contribution is 8.00. The van der Waals surface area contributed by atoms with Crippen LogP contribution in [0.3, 0.4) is 0 Å². The first-order chi connectivity index (χ1) is 10.4. The van der Waals surface area contributed by atoms with Crippen LogP contribution in [0.4, 0.5) is 5.69 Å². The fourth-order valence-corrected chi connectivity index (χ4v) is 3.77. The Hall–Kier alpha value is -1.60. The lowest BCUT2D eigenvalue weighted by molar-refractivity contribution is -0.385. The Bertz CT molecular complexity index is 577. The average Bonchev–Trinajstić information content (AvgIpc) is 2.79. The summed E-state index contributed by atoms with van der Waals surface area (Å²) in [6.45, 7) is 3.38. The molecule has 0 radical (unpaired) electrons. The number of benzene rings is 1. The van der Waals surface area contributed by atoms with Gasteiger partial charge in [0.2, 0.25) is 5.91 Å². The van der Waals surface area contributed by atoms with E-state index < -0.39 is 0 Å². The van der Waals surface area contributed by atoms with E-state index in [1.165, 1.54) is 6.07 Å². The number of hydrogen-bond donors (Lipinski definition) is 0. The van der Waals surface area contributed by atoms with Crippen molar-refractivity contribution in [3.8, 4) is 0 Å². The zero-order chi connectivity index (χ0) is 16.3. The molecule has 0 bridgehead atoms. The second-order valence-electron chi connectivity index (χ2n) is 5.71. The van der Waals surface area contributed by atoms with Gasteiger partial charge in [-0.05, 0) is 51.7 Å². The molecule has 7 heteroatoms. The van der Waals surface area contributed by atoms with Crippen molar-refractivity contribution in [2.75, 3.05) is 32.9 Å². The number of carbonyl (C=O) groups excluding carboxylic acids is 1. The normalized spacial score (nSPS) is 18.3. The lowest BCUT2D eigenvalue weighted by atomic mass is 10.1. The second kappa shape index (κ2) is 7.11. The summed E-state index contributed by atoms with van der Waals surface area (Å²) in [5.74, 6) is 0.618. The van der Waals surface area contributed by atoms with Crippen molar-refractivity contribution in [2.45, 2.75) is 18.7 Å². The lowest BCUT2D eigenvalue weighted by Crippen LogP contribution is -2.31. The van der Waals surface area contributed by atoms with Crippen LogP contribution in [0.5, 0.6) is 0 Å². The molecule has 1 aliphatic rings. The van der Waals surface area contributed by atoms with E-state index in [0.29, 0.717) is 17.9 Å². The number of nitro benzene ring substituents is 1. The van der Waals surface area contributed by atoms with Gasteiger partial charge in [0.1, 0.15) is 5.37 Å². The number of nitrogens with zero attached hydrogens (tertiary/aromatic N) is 3. The molecule has 1 aromatic carbocycles. The first-order valence-corrected chi connectivity index (χ1v) is 8.25. The van der Waals surface area contributed by atoms with Gasteiger partial charge in [-0.1, -0.05) is 0 Å². The fourth-order valence-electron chi connectivity index (χ4n) is 2.57. The summed E-state index contributed by atoms with van der Waals surface area (Å²) in [4.78, 5) is 26.6. The van der Waals surface area contributed by atoms with E-state index in [2.05, 4.69) is 4.90 Å². The SMILES string of the molecule is Cc1cc(C2SCC(=O)N2CCCN(C)C)ccc1[N+](=O)[O-]. The van der Waals surface area contributed by atoms with Crippen LogP contribution in [-0.4, -0.2) is 53.6 Å². The third-order valence-corrected chi connectivity index (χ3v) is 4.93. The molecule has 0 saturated carbocycles. The molecule has 1 atom stereocenters. The van der Waals surface area contributed by atoms with E-state index in [0.717, 1.165) is 18.5 Å². The molecule has 1 saturated heterocycles. The van der Waals surface area contributed by atoms with Gasteiger partial charge in [0, 0.05) is 18.2 Å². The zero-order valence-electron chi connectivity index (χ0n) is 13.1. The Morgan fingerprint density at radius 3 is 2.77 bits per heavy atom. The van der Waals surface area contributed by atoms with Crippen molar-refractivity contribution < 1.29 is 9.72 Å². The van der Waals surface area contributed by atoms with Gasteiger partial charge in [0.15, 0.2) is 0 Å². The molecule has 0 N–H and O–H groups in total. The van der Waals surface area contributed by atoms with Gasteiger partial charge >= 0.3 is 0 Å². The third kappa shape index (κ3) is 3.78. The van der Waals surface area contributed by atoms with Crippen molar-refractivity contribution in [3.63, 3.8) is 0 Å². The molecule has 0 spiro atoms. The van der Waals surface area contributed by atoms with Gasteiger partial charge < -0.3 is 9.80 Å². The first kappa shape index (κ1) is 16.8. The summed E-state index contributed by atoms with van der Waals surface area (Å²) in [5, 5.41) is 10.9. The van der Waals surface area contributed by atoms with Crippen molar-refractivity contribution in [1.82, 2.24) is 9.80 Å². The standard InChI is InChI=1S/C15H21N3O3S/c1-11-9-12(5-6-13(11)18(20)21)15-17(14(19)10-22-15)8-4-7-16(2)3/h5-6,9,15H,4,7-8,10H2,1-3H3. The Balaban J connectivity index is 2.14. The third-order valence-electron chi connectivity index (χ3n) is 3.68. The summed E-state index contributed by atoms with van der Waals surface area (Å²) in [6.07, 6.45) is 0.918. The van der Waals surface area contributed by atoms with E-state index in [9.17, 15) is 14.9 Å². The average molecular weight is 323 g/mol. The van der Waals surface area contributed by atoms with Crippen LogP contribution in [0.15, 0.2) is 18.2 Å². The van der Waals surface area contributed by atoms with E-state index in [1.807, 2.05) is 25.1 Å². The van der Waals surface area contributed by atoms with E-state index in [4.69, 9.17) is 0 Å². The first-order valence-electron chi connectivity index (χ1n) is 7.21. The molecular formula is C15H21N3O3S. The molecule has 1 amide bonds. The molecule has 1 unspecified atom stereocenters. The minimum atomic E-state index is -0.374. The van der Waals surface area contributed by atoms with Gasteiger partial charge in [0.25, 0.3) is 5.69 Å². The van der Waals surface area contributed by atoms with Crippen LogP contribution < -0.4 is 0 Å². The number of carbonyl (C=O) groups is 1. The van der Waals surface area contributed by atoms with Crippen molar-refractivity contribution in [3.05, 3.63) is 39.4 Å². The zero-order valence-corrected chi connectivity index (χ0v) is 13.9. The molecular weight excluding hydrogens is 302 g/mol. The summed E-state index contributed by atoms with van der Waals surface area (Å²) < 4.78 is 0. The Morgan fingerprint density at radius 1 is 1.45 bits per heavy atom. The molecule has 120 valence electrons. The van der Waals surface area contributed by atoms with Crippen molar-refractivity contribution in [1.29, 1.82) is 0 Å². The van der Waals surface area contributed by atoms with E-state index >= 15 is 0 Å². The molecule has 1 fully saturated rings. The van der Waals surface area contributed by atoms with Crippen LogP contribution in [0.2, 0.25) is 0 Å². The Labute approximate surface area is 134 Å². The topological polar surface area (TPSA) is 66.7 Å². The summed E-state index contributed by atoms with van der Waals surface area (Å²) in [5.41, 5.74) is 1.72. The van der Waals surface area contributed by atoms with E-state index in [-0.39, 0.29) is 21.9 Å². The van der Waals surface area contributed by atoms with Gasteiger partial charge in [-0.25, -0.2) is 0 Å². The molecule has 22 heavy (non-hydrogen) atoms. The number of amides is 1.